The number of carbonyl (C=O) groups excluding carboxylic acids is 2. The second-order valence-corrected chi connectivity index (χ2v) is 7.59. The Morgan fingerprint density at radius 1 is 1.52 bits per heavy atom. The monoisotopic (exact) mass is 336 g/mol. The number of nitrogens with one attached hydrogen (secondary N) is 2. The van der Waals surface area contributed by atoms with Crippen LogP contribution in [0.4, 0.5) is 4.79 Å². The number of rotatable bonds is 6. The average Bonchev–Trinajstić information content (AvgIpc) is 3.12. The number of carbonyl (C=O) groups is 2. The number of thiazole rings is 1. The summed E-state index contributed by atoms with van der Waals surface area (Å²) in [6.45, 7) is 5.36. The van der Waals surface area contributed by atoms with Crippen LogP contribution in [0.3, 0.4) is 0 Å². The lowest BCUT2D eigenvalue weighted by Gasteiger charge is -2.16. The first kappa shape index (κ1) is 16.2. The van der Waals surface area contributed by atoms with Crippen molar-refractivity contribution in [2.75, 3.05) is 13.1 Å². The summed E-state index contributed by atoms with van der Waals surface area (Å²) >= 11 is 1.63. The van der Waals surface area contributed by atoms with E-state index in [1.54, 1.807) is 11.3 Å². The van der Waals surface area contributed by atoms with Gasteiger partial charge in [0.2, 0.25) is 5.91 Å². The molecule has 2 heterocycles. The molecule has 0 aromatic carbocycles. The molecule has 2 fully saturated rings. The van der Waals surface area contributed by atoms with Crippen LogP contribution in [0.2, 0.25) is 0 Å². The first-order valence-electron chi connectivity index (χ1n) is 8.35. The van der Waals surface area contributed by atoms with Gasteiger partial charge in [0.1, 0.15) is 5.01 Å². The van der Waals surface area contributed by atoms with Crippen LogP contribution in [0.15, 0.2) is 6.20 Å². The van der Waals surface area contributed by atoms with E-state index >= 15 is 0 Å². The Hall–Kier alpha value is -1.63. The molecule has 0 spiro atoms. The van der Waals surface area contributed by atoms with Crippen molar-refractivity contribution in [2.24, 2.45) is 5.92 Å². The SMILES string of the molecule is CCc1cnc([C@H](C)NC(=O)NC[C@H]2CC(=O)N(C3CC3)C2)s1. The molecule has 0 unspecified atom stereocenters. The van der Waals surface area contributed by atoms with Gasteiger partial charge < -0.3 is 15.5 Å². The molecule has 1 aliphatic heterocycles. The molecule has 1 saturated heterocycles. The van der Waals surface area contributed by atoms with Crippen molar-refractivity contribution in [1.29, 1.82) is 0 Å². The van der Waals surface area contributed by atoms with Crippen LogP contribution in [-0.4, -0.2) is 41.0 Å². The van der Waals surface area contributed by atoms with Crippen LogP contribution in [0.5, 0.6) is 0 Å². The molecule has 1 aromatic heterocycles. The summed E-state index contributed by atoms with van der Waals surface area (Å²) < 4.78 is 0. The Morgan fingerprint density at radius 2 is 2.30 bits per heavy atom. The van der Waals surface area contributed by atoms with Gasteiger partial charge in [-0.15, -0.1) is 11.3 Å². The molecule has 23 heavy (non-hydrogen) atoms. The predicted octanol–water partition coefficient (Wildman–Crippen LogP) is 2.08. The first-order chi connectivity index (χ1) is 11.1. The zero-order valence-electron chi connectivity index (χ0n) is 13.7. The molecule has 3 rings (SSSR count). The number of likely N-dealkylation sites (tertiary alicyclic amines) is 1. The Balaban J connectivity index is 1.41. The molecule has 3 amide bonds. The van der Waals surface area contributed by atoms with Crippen molar-refractivity contribution >= 4 is 23.3 Å². The van der Waals surface area contributed by atoms with E-state index in [2.05, 4.69) is 22.5 Å². The number of aromatic nitrogens is 1. The predicted molar refractivity (Wildman–Crippen MR) is 89.3 cm³/mol. The maximum atomic E-state index is 12.0. The van der Waals surface area contributed by atoms with Gasteiger partial charge in [-0.2, -0.15) is 0 Å². The van der Waals surface area contributed by atoms with E-state index in [9.17, 15) is 9.59 Å². The third kappa shape index (κ3) is 4.02. The summed E-state index contributed by atoms with van der Waals surface area (Å²) in [5, 5.41) is 6.73. The molecule has 1 aromatic rings. The maximum absolute atomic E-state index is 12.0. The van der Waals surface area contributed by atoms with E-state index in [0.717, 1.165) is 30.8 Å². The second kappa shape index (κ2) is 6.86. The number of urea groups is 1. The Morgan fingerprint density at radius 3 is 2.96 bits per heavy atom. The average molecular weight is 336 g/mol. The molecule has 126 valence electrons. The van der Waals surface area contributed by atoms with Gasteiger partial charge in [0.25, 0.3) is 0 Å². The number of hydrogen-bond acceptors (Lipinski definition) is 4. The Bertz CT molecular complexity index is 584. The molecule has 0 radical (unpaired) electrons. The number of aryl methyl sites for hydroxylation is 1. The summed E-state index contributed by atoms with van der Waals surface area (Å²) in [4.78, 5) is 31.5. The molecular formula is C16H24N4O2S. The highest BCUT2D eigenvalue weighted by atomic mass is 32.1. The van der Waals surface area contributed by atoms with E-state index in [0.29, 0.717) is 19.0 Å². The van der Waals surface area contributed by atoms with Crippen molar-refractivity contribution in [3.05, 3.63) is 16.1 Å². The smallest absolute Gasteiger partial charge is 0.315 e. The normalized spacial score (nSPS) is 22.3. The van der Waals surface area contributed by atoms with Gasteiger partial charge >= 0.3 is 6.03 Å². The molecule has 2 N–H and O–H groups in total. The molecule has 2 atom stereocenters. The lowest BCUT2D eigenvalue weighted by molar-refractivity contribution is -0.128. The number of amides is 3. The first-order valence-corrected chi connectivity index (χ1v) is 9.17. The zero-order valence-corrected chi connectivity index (χ0v) is 14.5. The minimum absolute atomic E-state index is 0.103. The Labute approximate surface area is 140 Å². The van der Waals surface area contributed by atoms with Crippen LogP contribution < -0.4 is 10.6 Å². The van der Waals surface area contributed by atoms with Gasteiger partial charge in [0.05, 0.1) is 6.04 Å². The van der Waals surface area contributed by atoms with Gasteiger partial charge in [-0.1, -0.05) is 6.92 Å². The topological polar surface area (TPSA) is 74.3 Å². The molecule has 2 aliphatic rings. The highest BCUT2D eigenvalue weighted by Crippen LogP contribution is 2.32. The second-order valence-electron chi connectivity index (χ2n) is 6.44. The maximum Gasteiger partial charge on any atom is 0.315 e. The summed E-state index contributed by atoms with van der Waals surface area (Å²) in [5.74, 6) is 0.471. The van der Waals surface area contributed by atoms with Crippen molar-refractivity contribution in [3.8, 4) is 0 Å². The quantitative estimate of drug-likeness (QED) is 0.835. The van der Waals surface area contributed by atoms with E-state index in [4.69, 9.17) is 0 Å². The van der Waals surface area contributed by atoms with E-state index < -0.39 is 0 Å². The van der Waals surface area contributed by atoms with Crippen molar-refractivity contribution in [1.82, 2.24) is 20.5 Å². The minimum atomic E-state index is -0.192. The molecule has 1 aliphatic carbocycles. The fraction of sp³-hybridized carbons (Fsp3) is 0.688. The Kier molecular flexibility index (Phi) is 4.84. The minimum Gasteiger partial charge on any atom is -0.339 e. The van der Waals surface area contributed by atoms with E-state index in [1.165, 1.54) is 4.88 Å². The molecule has 1 saturated carbocycles. The highest BCUT2D eigenvalue weighted by Gasteiger charge is 2.39. The van der Waals surface area contributed by atoms with E-state index in [1.807, 2.05) is 18.0 Å². The van der Waals surface area contributed by atoms with Crippen LogP contribution >= 0.6 is 11.3 Å². The largest absolute Gasteiger partial charge is 0.339 e. The van der Waals surface area contributed by atoms with Crippen molar-refractivity contribution < 1.29 is 9.59 Å². The van der Waals surface area contributed by atoms with Crippen molar-refractivity contribution in [2.45, 2.75) is 51.6 Å². The van der Waals surface area contributed by atoms with Gasteiger partial charge in [0, 0.05) is 42.5 Å². The fourth-order valence-corrected chi connectivity index (χ4v) is 3.78. The number of nitrogens with zero attached hydrogens (tertiary/aromatic N) is 2. The standard InChI is InChI=1S/C16H24N4O2S/c1-3-13-8-17-15(23-13)10(2)19-16(22)18-7-11-6-14(21)20(9-11)12-4-5-12/h8,10-12H,3-7,9H2,1-2H3,(H2,18,19,22)/t10-,11+/m0/s1. The van der Waals surface area contributed by atoms with Crippen molar-refractivity contribution in [3.63, 3.8) is 0 Å². The van der Waals surface area contributed by atoms with Gasteiger partial charge in [-0.3, -0.25) is 4.79 Å². The lowest BCUT2D eigenvalue weighted by atomic mass is 10.1. The summed E-state index contributed by atoms with van der Waals surface area (Å²) in [7, 11) is 0. The molecule has 6 nitrogen and oxygen atoms in total. The van der Waals surface area contributed by atoms with Crippen LogP contribution in [0, 0.1) is 5.92 Å². The van der Waals surface area contributed by atoms with Gasteiger partial charge in [-0.05, 0) is 26.2 Å². The molecule has 0 bridgehead atoms. The summed E-state index contributed by atoms with van der Waals surface area (Å²) in [5.41, 5.74) is 0. The third-order valence-electron chi connectivity index (χ3n) is 4.42. The van der Waals surface area contributed by atoms with Gasteiger partial charge in [-0.25, -0.2) is 9.78 Å². The number of hydrogen-bond donors (Lipinski definition) is 2. The zero-order chi connectivity index (χ0) is 16.4. The van der Waals surface area contributed by atoms with E-state index in [-0.39, 0.29) is 23.9 Å². The summed E-state index contributed by atoms with van der Waals surface area (Å²) in [6, 6.07) is 0.176. The summed E-state index contributed by atoms with van der Waals surface area (Å²) in [6.07, 6.45) is 5.66. The molecular weight excluding hydrogens is 312 g/mol. The third-order valence-corrected chi connectivity index (χ3v) is 5.74. The van der Waals surface area contributed by atoms with Crippen LogP contribution in [0.1, 0.15) is 49.0 Å². The van der Waals surface area contributed by atoms with Crippen LogP contribution in [-0.2, 0) is 11.2 Å². The highest BCUT2D eigenvalue weighted by molar-refractivity contribution is 7.11. The molecule has 7 heteroatoms. The van der Waals surface area contributed by atoms with Gasteiger partial charge in [0.15, 0.2) is 0 Å². The fourth-order valence-electron chi connectivity index (χ4n) is 2.92. The lowest BCUT2D eigenvalue weighted by Crippen LogP contribution is -2.40. The van der Waals surface area contributed by atoms with Crippen LogP contribution in [0.25, 0.3) is 0 Å².